The van der Waals surface area contributed by atoms with E-state index in [1.807, 2.05) is 0 Å². The summed E-state index contributed by atoms with van der Waals surface area (Å²) < 4.78 is 0. The van der Waals surface area contributed by atoms with Crippen LogP contribution >= 0.6 is 12.2 Å². The predicted molar refractivity (Wildman–Crippen MR) is 57.2 cm³/mol. The lowest BCUT2D eigenvalue weighted by Gasteiger charge is -2.14. The highest BCUT2D eigenvalue weighted by atomic mass is 32.1. The van der Waals surface area contributed by atoms with Crippen LogP contribution in [-0.2, 0) is 4.79 Å². The number of carbonyl (C=O) groups excluding carboxylic acids is 1. The lowest BCUT2D eigenvalue weighted by atomic mass is 10.00. The number of amides is 1. The Balaban J connectivity index is 4.09. The lowest BCUT2D eigenvalue weighted by Crippen LogP contribution is -2.40. The molecule has 0 aromatic heterocycles. The van der Waals surface area contributed by atoms with E-state index < -0.39 is 5.92 Å². The smallest absolute Gasteiger partial charge is 0.228 e. The monoisotopic (exact) mass is 201 g/mol. The summed E-state index contributed by atoms with van der Waals surface area (Å²) in [6.45, 7) is 3.69. The minimum atomic E-state index is -0.477. The lowest BCUT2D eigenvalue weighted by molar-refractivity contribution is -0.122. The van der Waals surface area contributed by atoms with Gasteiger partial charge in [0.1, 0.15) is 0 Å². The minimum Gasteiger partial charge on any atom is -0.351 e. The van der Waals surface area contributed by atoms with Crippen molar-refractivity contribution in [2.75, 3.05) is 6.54 Å². The average Bonchev–Trinajstić information content (AvgIpc) is 2.11. The SMILES string of the molecule is CC(N)C(=N)C(C)C(=O)NCC=S. The molecular formula is C8H15N3OS. The molecule has 0 spiro atoms. The highest BCUT2D eigenvalue weighted by molar-refractivity contribution is 7.79. The molecule has 0 aliphatic carbocycles. The van der Waals surface area contributed by atoms with Crippen molar-refractivity contribution in [1.82, 2.24) is 5.32 Å². The van der Waals surface area contributed by atoms with Crippen molar-refractivity contribution in [3.05, 3.63) is 0 Å². The van der Waals surface area contributed by atoms with Crippen molar-refractivity contribution in [1.29, 1.82) is 5.41 Å². The van der Waals surface area contributed by atoms with Gasteiger partial charge in [-0.1, -0.05) is 12.2 Å². The molecule has 4 N–H and O–H groups in total. The van der Waals surface area contributed by atoms with Gasteiger partial charge in [0.25, 0.3) is 0 Å². The Kier molecular flexibility index (Phi) is 5.41. The van der Waals surface area contributed by atoms with Gasteiger partial charge in [-0.3, -0.25) is 4.79 Å². The van der Waals surface area contributed by atoms with Gasteiger partial charge in [0.05, 0.1) is 5.92 Å². The maximum Gasteiger partial charge on any atom is 0.228 e. The minimum absolute atomic E-state index is 0.205. The molecule has 0 bridgehead atoms. The van der Waals surface area contributed by atoms with E-state index in [1.165, 1.54) is 5.37 Å². The second-order valence-corrected chi connectivity index (χ2v) is 3.21. The first-order valence-corrected chi connectivity index (χ1v) is 4.53. The Morgan fingerprint density at radius 3 is 2.62 bits per heavy atom. The summed E-state index contributed by atoms with van der Waals surface area (Å²) in [6.07, 6.45) is 0. The summed E-state index contributed by atoms with van der Waals surface area (Å²) in [6, 6.07) is -0.381. The first-order valence-electron chi connectivity index (χ1n) is 4.06. The number of rotatable bonds is 5. The highest BCUT2D eigenvalue weighted by Gasteiger charge is 2.19. The molecule has 0 aromatic rings. The number of thiocarbonyl (C=S) groups is 1. The third-order valence-electron chi connectivity index (χ3n) is 1.71. The molecule has 0 saturated heterocycles. The second-order valence-electron chi connectivity index (χ2n) is 2.88. The Bertz CT molecular complexity index is 215. The molecule has 13 heavy (non-hydrogen) atoms. The maximum atomic E-state index is 11.3. The molecule has 2 atom stereocenters. The van der Waals surface area contributed by atoms with Gasteiger partial charge < -0.3 is 16.5 Å². The maximum absolute atomic E-state index is 11.3. The molecule has 0 saturated carbocycles. The van der Waals surface area contributed by atoms with Crippen LogP contribution in [0.3, 0.4) is 0 Å². The Morgan fingerprint density at radius 1 is 1.69 bits per heavy atom. The fourth-order valence-electron chi connectivity index (χ4n) is 0.831. The zero-order chi connectivity index (χ0) is 10.4. The fourth-order valence-corrected chi connectivity index (χ4v) is 0.914. The number of hydrogen-bond donors (Lipinski definition) is 3. The zero-order valence-electron chi connectivity index (χ0n) is 7.83. The largest absolute Gasteiger partial charge is 0.351 e. The third-order valence-corrected chi connectivity index (χ3v) is 1.88. The first-order chi connectivity index (χ1) is 6.00. The number of hydrogen-bond acceptors (Lipinski definition) is 4. The van der Waals surface area contributed by atoms with Gasteiger partial charge in [-0.05, 0) is 19.2 Å². The van der Waals surface area contributed by atoms with E-state index in [1.54, 1.807) is 13.8 Å². The summed E-state index contributed by atoms with van der Waals surface area (Å²) in [5, 5.41) is 11.5. The summed E-state index contributed by atoms with van der Waals surface area (Å²) in [4.78, 5) is 11.3. The molecule has 0 fully saturated rings. The molecule has 0 aromatic carbocycles. The van der Waals surface area contributed by atoms with Gasteiger partial charge in [-0.15, -0.1) is 0 Å². The first kappa shape index (κ1) is 12.2. The van der Waals surface area contributed by atoms with Crippen LogP contribution in [0.2, 0.25) is 0 Å². The fraction of sp³-hybridized carbons (Fsp3) is 0.625. The van der Waals surface area contributed by atoms with E-state index in [0.29, 0.717) is 6.54 Å². The Hall–Kier alpha value is -0.810. The number of carbonyl (C=O) groups is 1. The van der Waals surface area contributed by atoms with Crippen molar-refractivity contribution in [3.63, 3.8) is 0 Å². The van der Waals surface area contributed by atoms with Crippen molar-refractivity contribution < 1.29 is 4.79 Å². The van der Waals surface area contributed by atoms with Gasteiger partial charge in [-0.2, -0.15) is 0 Å². The molecule has 4 nitrogen and oxygen atoms in total. The van der Waals surface area contributed by atoms with Crippen LogP contribution in [0.15, 0.2) is 0 Å². The van der Waals surface area contributed by atoms with Crippen LogP contribution in [0, 0.1) is 11.3 Å². The van der Waals surface area contributed by atoms with E-state index in [-0.39, 0.29) is 17.7 Å². The van der Waals surface area contributed by atoms with Crippen LogP contribution in [0.1, 0.15) is 13.8 Å². The molecule has 74 valence electrons. The highest BCUT2D eigenvalue weighted by Crippen LogP contribution is 1.99. The van der Waals surface area contributed by atoms with E-state index in [0.717, 1.165) is 0 Å². The summed E-state index contributed by atoms with van der Waals surface area (Å²) in [5.74, 6) is -0.682. The molecule has 0 rings (SSSR count). The summed E-state index contributed by atoms with van der Waals surface area (Å²) >= 11 is 4.56. The standard InChI is InChI=1S/C8H15N3OS/c1-5(7(10)6(2)9)8(12)11-3-4-13/h4-6,10H,3,9H2,1-2H3,(H,11,12). The quantitative estimate of drug-likeness (QED) is 0.436. The van der Waals surface area contributed by atoms with Crippen molar-refractivity contribution >= 4 is 29.2 Å². The molecular weight excluding hydrogens is 186 g/mol. The van der Waals surface area contributed by atoms with Gasteiger partial charge in [0.2, 0.25) is 5.91 Å². The molecule has 0 heterocycles. The predicted octanol–water partition coefficient (Wildman–Crippen LogP) is 0.105. The third kappa shape index (κ3) is 4.10. The average molecular weight is 201 g/mol. The van der Waals surface area contributed by atoms with Gasteiger partial charge >= 0.3 is 0 Å². The molecule has 0 radical (unpaired) electrons. The van der Waals surface area contributed by atoms with Crippen molar-refractivity contribution in [3.8, 4) is 0 Å². The van der Waals surface area contributed by atoms with Gasteiger partial charge in [0, 0.05) is 18.3 Å². The van der Waals surface area contributed by atoms with Crippen molar-refractivity contribution in [2.24, 2.45) is 11.7 Å². The van der Waals surface area contributed by atoms with Crippen LogP contribution in [0.4, 0.5) is 0 Å². The molecule has 0 aliphatic rings. The van der Waals surface area contributed by atoms with Crippen LogP contribution in [0.25, 0.3) is 0 Å². The number of nitrogens with one attached hydrogen (secondary N) is 2. The van der Waals surface area contributed by atoms with E-state index >= 15 is 0 Å². The van der Waals surface area contributed by atoms with Crippen LogP contribution in [0.5, 0.6) is 0 Å². The molecule has 1 amide bonds. The molecule has 0 aliphatic heterocycles. The molecule has 5 heteroatoms. The van der Waals surface area contributed by atoms with Crippen molar-refractivity contribution in [2.45, 2.75) is 19.9 Å². The Morgan fingerprint density at radius 2 is 2.23 bits per heavy atom. The van der Waals surface area contributed by atoms with Crippen LogP contribution in [-0.4, -0.2) is 29.6 Å². The van der Waals surface area contributed by atoms with Crippen LogP contribution < -0.4 is 11.1 Å². The topological polar surface area (TPSA) is 79.0 Å². The van der Waals surface area contributed by atoms with E-state index in [9.17, 15) is 4.79 Å². The summed E-state index contributed by atoms with van der Waals surface area (Å²) in [5.41, 5.74) is 5.71. The second kappa shape index (κ2) is 5.77. The number of nitrogens with two attached hydrogens (primary N) is 1. The zero-order valence-corrected chi connectivity index (χ0v) is 8.65. The van der Waals surface area contributed by atoms with Gasteiger partial charge in [-0.25, -0.2) is 0 Å². The Labute approximate surface area is 83.4 Å². The summed E-state index contributed by atoms with van der Waals surface area (Å²) in [7, 11) is 0. The normalized spacial score (nSPS) is 14.4. The van der Waals surface area contributed by atoms with E-state index in [2.05, 4.69) is 17.5 Å². The molecule has 2 unspecified atom stereocenters. The van der Waals surface area contributed by atoms with E-state index in [4.69, 9.17) is 11.1 Å². The van der Waals surface area contributed by atoms with Gasteiger partial charge in [0.15, 0.2) is 0 Å².